The third kappa shape index (κ3) is 4.95. The van der Waals surface area contributed by atoms with E-state index in [1.54, 1.807) is 0 Å². The van der Waals surface area contributed by atoms with E-state index in [-0.39, 0.29) is 18.2 Å². The molecule has 2 heterocycles. The molecule has 0 bridgehead atoms. The Labute approximate surface area is 159 Å². The Hall–Kier alpha value is -2.67. The van der Waals surface area contributed by atoms with Crippen LogP contribution in [0.1, 0.15) is 18.4 Å². The van der Waals surface area contributed by atoms with Gasteiger partial charge in [-0.25, -0.2) is 4.98 Å². The Bertz CT molecular complexity index is 780. The van der Waals surface area contributed by atoms with Crippen LogP contribution in [0.4, 0.5) is 0 Å². The minimum Gasteiger partial charge on any atom is -0.441 e. The van der Waals surface area contributed by atoms with Crippen molar-refractivity contribution in [3.63, 3.8) is 0 Å². The molecule has 7 nitrogen and oxygen atoms in total. The molecule has 1 aliphatic heterocycles. The van der Waals surface area contributed by atoms with Gasteiger partial charge in [0.1, 0.15) is 5.76 Å². The Morgan fingerprint density at radius 1 is 1.15 bits per heavy atom. The number of benzene rings is 1. The second-order valence-corrected chi connectivity index (χ2v) is 6.68. The summed E-state index contributed by atoms with van der Waals surface area (Å²) in [6.07, 6.45) is 0.235. The quantitative estimate of drug-likeness (QED) is 0.833. The van der Waals surface area contributed by atoms with E-state index >= 15 is 0 Å². The van der Waals surface area contributed by atoms with E-state index in [1.165, 1.54) is 0 Å². The maximum absolute atomic E-state index is 12.6. The molecule has 2 aromatic rings. The summed E-state index contributed by atoms with van der Waals surface area (Å²) in [4.78, 5) is 32.7. The van der Waals surface area contributed by atoms with E-state index in [4.69, 9.17) is 4.42 Å². The lowest BCUT2D eigenvalue weighted by atomic mass is 10.2. The number of piperazine rings is 1. The number of amides is 2. The van der Waals surface area contributed by atoms with E-state index < -0.39 is 0 Å². The van der Waals surface area contributed by atoms with Crippen molar-refractivity contribution in [2.45, 2.75) is 20.3 Å². The molecular weight excluding hydrogens is 344 g/mol. The van der Waals surface area contributed by atoms with Crippen molar-refractivity contribution < 1.29 is 14.0 Å². The van der Waals surface area contributed by atoms with Gasteiger partial charge in [0, 0.05) is 38.3 Å². The molecule has 7 heteroatoms. The monoisotopic (exact) mass is 370 g/mol. The molecular formula is C20H26N4O3. The number of rotatable bonds is 6. The Kier molecular flexibility index (Phi) is 6.24. The number of carbonyl (C=O) groups is 2. The van der Waals surface area contributed by atoms with Crippen molar-refractivity contribution in [1.82, 2.24) is 20.1 Å². The zero-order valence-electron chi connectivity index (χ0n) is 15.9. The summed E-state index contributed by atoms with van der Waals surface area (Å²) >= 11 is 0. The molecule has 27 heavy (non-hydrogen) atoms. The van der Waals surface area contributed by atoms with E-state index in [9.17, 15) is 9.59 Å². The predicted octanol–water partition coefficient (Wildman–Crippen LogP) is 1.47. The van der Waals surface area contributed by atoms with Crippen molar-refractivity contribution in [2.24, 2.45) is 0 Å². The summed E-state index contributed by atoms with van der Waals surface area (Å²) in [6, 6.07) is 9.67. The molecule has 1 saturated heterocycles. The number of aromatic nitrogens is 1. The lowest BCUT2D eigenvalue weighted by Crippen LogP contribution is -2.51. The van der Waals surface area contributed by atoms with Gasteiger partial charge in [0.2, 0.25) is 17.7 Å². The van der Waals surface area contributed by atoms with Crippen LogP contribution in [-0.2, 0) is 16.0 Å². The van der Waals surface area contributed by atoms with Crippen LogP contribution in [0.5, 0.6) is 0 Å². The fourth-order valence-corrected chi connectivity index (χ4v) is 3.16. The van der Waals surface area contributed by atoms with E-state index in [0.717, 1.165) is 5.56 Å². The van der Waals surface area contributed by atoms with Gasteiger partial charge < -0.3 is 14.6 Å². The SMILES string of the molecule is CCNC(=O)CN1CCN(C(=O)Cc2nc(-c3ccccc3)oc2C)CC1. The summed E-state index contributed by atoms with van der Waals surface area (Å²) in [5.74, 6) is 1.30. The largest absolute Gasteiger partial charge is 0.441 e. The highest BCUT2D eigenvalue weighted by Crippen LogP contribution is 2.22. The Balaban J connectivity index is 1.54. The topological polar surface area (TPSA) is 78.7 Å². The van der Waals surface area contributed by atoms with Gasteiger partial charge in [-0.15, -0.1) is 0 Å². The first kappa shape index (κ1) is 19.1. The first-order valence-corrected chi connectivity index (χ1v) is 9.35. The molecule has 2 amide bonds. The highest BCUT2D eigenvalue weighted by Gasteiger charge is 2.24. The molecule has 1 aliphatic rings. The van der Waals surface area contributed by atoms with Gasteiger partial charge in [0.25, 0.3) is 0 Å². The average molecular weight is 370 g/mol. The smallest absolute Gasteiger partial charge is 0.234 e. The molecule has 0 radical (unpaired) electrons. The standard InChI is InChI=1S/C20H26N4O3/c1-3-21-18(25)14-23-9-11-24(12-10-23)19(26)13-17-15(2)27-20(22-17)16-7-5-4-6-8-16/h4-8H,3,9-14H2,1-2H3,(H,21,25). The van der Waals surface area contributed by atoms with Gasteiger partial charge in [-0.1, -0.05) is 18.2 Å². The zero-order valence-corrected chi connectivity index (χ0v) is 15.9. The maximum atomic E-state index is 12.6. The van der Waals surface area contributed by atoms with Crippen LogP contribution < -0.4 is 5.32 Å². The minimum absolute atomic E-state index is 0.0314. The predicted molar refractivity (Wildman–Crippen MR) is 102 cm³/mol. The number of aryl methyl sites for hydroxylation is 1. The third-order valence-electron chi connectivity index (χ3n) is 4.70. The summed E-state index contributed by atoms with van der Waals surface area (Å²) < 4.78 is 5.74. The number of hydrogen-bond donors (Lipinski definition) is 1. The molecule has 0 aliphatic carbocycles. The van der Waals surface area contributed by atoms with Crippen molar-refractivity contribution in [1.29, 1.82) is 0 Å². The van der Waals surface area contributed by atoms with Gasteiger partial charge in [-0.3, -0.25) is 14.5 Å². The van der Waals surface area contributed by atoms with E-state index in [1.807, 2.05) is 49.1 Å². The molecule has 1 fully saturated rings. The van der Waals surface area contributed by atoms with Gasteiger partial charge in [0.15, 0.2) is 0 Å². The lowest BCUT2D eigenvalue weighted by Gasteiger charge is -2.34. The van der Waals surface area contributed by atoms with Gasteiger partial charge in [-0.05, 0) is 26.0 Å². The van der Waals surface area contributed by atoms with Crippen molar-refractivity contribution in [2.75, 3.05) is 39.3 Å². The van der Waals surface area contributed by atoms with E-state index in [2.05, 4.69) is 15.2 Å². The second-order valence-electron chi connectivity index (χ2n) is 6.68. The van der Waals surface area contributed by atoms with Crippen LogP contribution in [-0.4, -0.2) is 65.9 Å². The van der Waals surface area contributed by atoms with E-state index in [0.29, 0.717) is 56.6 Å². The van der Waals surface area contributed by atoms with Gasteiger partial charge in [-0.2, -0.15) is 0 Å². The molecule has 1 aromatic heterocycles. The average Bonchev–Trinajstić information content (AvgIpc) is 3.04. The zero-order chi connectivity index (χ0) is 19.2. The molecule has 0 atom stereocenters. The number of nitrogens with zero attached hydrogens (tertiary/aromatic N) is 3. The molecule has 0 unspecified atom stereocenters. The first-order valence-electron chi connectivity index (χ1n) is 9.35. The fourth-order valence-electron chi connectivity index (χ4n) is 3.16. The van der Waals surface area contributed by atoms with Crippen molar-refractivity contribution in [3.8, 4) is 11.5 Å². The van der Waals surface area contributed by atoms with Crippen LogP contribution in [0.25, 0.3) is 11.5 Å². The van der Waals surface area contributed by atoms with Crippen molar-refractivity contribution in [3.05, 3.63) is 41.8 Å². The normalized spacial score (nSPS) is 15.0. The summed E-state index contributed by atoms with van der Waals surface area (Å²) in [5.41, 5.74) is 1.59. The molecule has 0 saturated carbocycles. The number of hydrogen-bond acceptors (Lipinski definition) is 5. The summed E-state index contributed by atoms with van der Waals surface area (Å²) in [6.45, 7) is 7.43. The number of oxazole rings is 1. The molecule has 1 aromatic carbocycles. The highest BCUT2D eigenvalue weighted by molar-refractivity contribution is 5.79. The minimum atomic E-state index is 0.0314. The summed E-state index contributed by atoms with van der Waals surface area (Å²) in [7, 11) is 0. The van der Waals surface area contributed by atoms with Crippen LogP contribution in [0.2, 0.25) is 0 Å². The number of likely N-dealkylation sites (N-methyl/N-ethyl adjacent to an activating group) is 1. The molecule has 1 N–H and O–H groups in total. The highest BCUT2D eigenvalue weighted by atomic mass is 16.4. The van der Waals surface area contributed by atoms with Crippen LogP contribution in [0.15, 0.2) is 34.7 Å². The third-order valence-corrected chi connectivity index (χ3v) is 4.70. The van der Waals surface area contributed by atoms with Crippen molar-refractivity contribution >= 4 is 11.8 Å². The molecule has 0 spiro atoms. The van der Waals surface area contributed by atoms with Crippen LogP contribution in [0, 0.1) is 6.92 Å². The summed E-state index contributed by atoms with van der Waals surface area (Å²) in [5, 5.41) is 2.80. The fraction of sp³-hybridized carbons (Fsp3) is 0.450. The Morgan fingerprint density at radius 3 is 2.52 bits per heavy atom. The second kappa shape index (κ2) is 8.81. The molecule has 3 rings (SSSR count). The number of carbonyl (C=O) groups excluding carboxylic acids is 2. The number of nitrogens with one attached hydrogen (secondary N) is 1. The maximum Gasteiger partial charge on any atom is 0.234 e. The van der Waals surface area contributed by atoms with Crippen LogP contribution >= 0.6 is 0 Å². The van der Waals surface area contributed by atoms with Crippen LogP contribution in [0.3, 0.4) is 0 Å². The molecule has 144 valence electrons. The Morgan fingerprint density at radius 2 is 1.85 bits per heavy atom. The first-order chi connectivity index (χ1) is 13.1. The van der Waals surface area contributed by atoms with Gasteiger partial charge in [0.05, 0.1) is 18.7 Å². The lowest BCUT2D eigenvalue weighted by molar-refractivity contribution is -0.132. The van der Waals surface area contributed by atoms with Gasteiger partial charge >= 0.3 is 0 Å².